The predicted molar refractivity (Wildman–Crippen MR) is 85.3 cm³/mol. The lowest BCUT2D eigenvalue weighted by Crippen LogP contribution is -2.41. The zero-order valence-corrected chi connectivity index (χ0v) is 13.7. The van der Waals surface area contributed by atoms with Gasteiger partial charge in [0.2, 0.25) is 5.76 Å². The Morgan fingerprint density at radius 2 is 1.96 bits per heavy atom. The minimum atomic E-state index is -1.56. The van der Waals surface area contributed by atoms with Crippen LogP contribution in [-0.2, 0) is 19.2 Å². The van der Waals surface area contributed by atoms with Crippen LogP contribution >= 0.6 is 0 Å². The van der Waals surface area contributed by atoms with Gasteiger partial charge in [0.15, 0.2) is 5.78 Å². The lowest BCUT2D eigenvalue weighted by Gasteiger charge is -2.39. The number of aliphatic hydroxyl groups excluding tert-OH is 1. The quantitative estimate of drug-likeness (QED) is 0.570. The molecule has 2 aliphatic carbocycles. The molecule has 2 saturated carbocycles. The Balaban J connectivity index is 1.94. The second-order valence-electron chi connectivity index (χ2n) is 6.78. The summed E-state index contributed by atoms with van der Waals surface area (Å²) in [4.78, 5) is 46.2. The van der Waals surface area contributed by atoms with Crippen LogP contribution < -0.4 is 0 Å². The summed E-state index contributed by atoms with van der Waals surface area (Å²) in [7, 11) is 0. The minimum absolute atomic E-state index is 0.0892. The summed E-state index contributed by atoms with van der Waals surface area (Å²) in [6.45, 7) is 1.96. The summed E-state index contributed by atoms with van der Waals surface area (Å²) in [5, 5.41) is 17.5. The zero-order valence-electron chi connectivity index (χ0n) is 13.7. The first-order valence-electron chi connectivity index (χ1n) is 8.16. The molecule has 2 N–H and O–H groups in total. The van der Waals surface area contributed by atoms with E-state index in [0.717, 1.165) is 6.42 Å². The lowest BCUT2D eigenvalue weighted by atomic mass is 9.62. The number of hydrogen-bond donors (Lipinski definition) is 2. The molecule has 0 bridgehead atoms. The maximum atomic E-state index is 12.2. The van der Waals surface area contributed by atoms with Gasteiger partial charge < -0.3 is 10.2 Å². The van der Waals surface area contributed by atoms with Gasteiger partial charge >= 0.3 is 5.97 Å². The Kier molecular flexibility index (Phi) is 5.36. The van der Waals surface area contributed by atoms with Gasteiger partial charge in [-0.2, -0.15) is 0 Å². The number of carboxylic acid groups (broad SMARTS) is 1. The smallest absolute Gasteiger partial charge is 0.371 e. The first-order valence-corrected chi connectivity index (χ1v) is 8.16. The monoisotopic (exact) mass is 334 g/mol. The molecule has 3 unspecified atom stereocenters. The van der Waals surface area contributed by atoms with Crippen LogP contribution in [0.25, 0.3) is 0 Å². The number of fused-ring (bicyclic) bond motifs is 1. The maximum Gasteiger partial charge on any atom is 0.371 e. The average Bonchev–Trinajstić information content (AvgIpc) is 2.82. The van der Waals surface area contributed by atoms with Gasteiger partial charge in [0.05, 0.1) is 0 Å². The van der Waals surface area contributed by atoms with Crippen LogP contribution in [0.3, 0.4) is 0 Å². The Morgan fingerprint density at radius 3 is 2.62 bits per heavy atom. The second kappa shape index (κ2) is 7.11. The fraction of sp³-hybridized carbons (Fsp3) is 0.556. The molecule has 6 heteroatoms. The van der Waals surface area contributed by atoms with Gasteiger partial charge in [-0.05, 0) is 37.7 Å². The SMILES string of the molecule is CC12CCC(=O)C(CCC=CC(=O)C=C(O)C(=O)O)C1CCC2=O. The lowest BCUT2D eigenvalue weighted by molar-refractivity contribution is -0.137. The van der Waals surface area contributed by atoms with Gasteiger partial charge in [-0.3, -0.25) is 14.4 Å². The van der Waals surface area contributed by atoms with Crippen molar-refractivity contribution in [2.24, 2.45) is 17.3 Å². The van der Waals surface area contributed by atoms with Gasteiger partial charge in [-0.15, -0.1) is 0 Å². The number of allylic oxidation sites excluding steroid dienone is 3. The molecule has 2 aliphatic rings. The van der Waals surface area contributed by atoms with E-state index in [0.29, 0.717) is 38.2 Å². The van der Waals surface area contributed by atoms with E-state index in [1.807, 2.05) is 6.92 Å². The molecule has 3 atom stereocenters. The molecule has 2 rings (SSSR count). The van der Waals surface area contributed by atoms with Crippen molar-refractivity contribution in [3.05, 3.63) is 24.0 Å². The van der Waals surface area contributed by atoms with Crippen molar-refractivity contribution in [2.75, 3.05) is 0 Å². The molecule has 2 fully saturated rings. The third-order valence-electron chi connectivity index (χ3n) is 5.35. The van der Waals surface area contributed by atoms with Crippen molar-refractivity contribution in [3.63, 3.8) is 0 Å². The topological polar surface area (TPSA) is 109 Å². The van der Waals surface area contributed by atoms with E-state index in [-0.39, 0.29) is 28.8 Å². The van der Waals surface area contributed by atoms with Crippen LogP contribution in [0.15, 0.2) is 24.0 Å². The number of carbonyl (C=O) groups is 4. The molecule has 0 saturated heterocycles. The Bertz CT molecular complexity index is 629. The van der Waals surface area contributed by atoms with Crippen molar-refractivity contribution in [1.29, 1.82) is 0 Å². The summed E-state index contributed by atoms with van der Waals surface area (Å²) in [6, 6.07) is 0. The molecule has 0 aliphatic heterocycles. The number of aliphatic hydroxyl groups is 1. The van der Waals surface area contributed by atoms with E-state index in [4.69, 9.17) is 10.2 Å². The van der Waals surface area contributed by atoms with Crippen molar-refractivity contribution in [2.45, 2.75) is 45.4 Å². The first-order chi connectivity index (χ1) is 11.3. The summed E-state index contributed by atoms with van der Waals surface area (Å²) >= 11 is 0. The third kappa shape index (κ3) is 3.63. The van der Waals surface area contributed by atoms with Gasteiger partial charge in [0.25, 0.3) is 0 Å². The molecule has 0 aromatic rings. The van der Waals surface area contributed by atoms with Crippen LogP contribution in [0.4, 0.5) is 0 Å². The predicted octanol–water partition coefficient (Wildman–Crippen LogP) is 2.38. The van der Waals surface area contributed by atoms with Crippen molar-refractivity contribution in [3.8, 4) is 0 Å². The Labute approximate surface area is 140 Å². The van der Waals surface area contributed by atoms with E-state index in [1.165, 1.54) is 6.08 Å². The van der Waals surface area contributed by atoms with E-state index in [9.17, 15) is 19.2 Å². The zero-order chi connectivity index (χ0) is 17.9. The van der Waals surface area contributed by atoms with Crippen LogP contribution in [0.5, 0.6) is 0 Å². The normalized spacial score (nSPS) is 30.6. The molecule has 130 valence electrons. The number of aliphatic carboxylic acids is 1. The van der Waals surface area contributed by atoms with Crippen LogP contribution in [0.2, 0.25) is 0 Å². The largest absolute Gasteiger partial charge is 0.502 e. The standard InChI is InChI=1S/C18H22O6/c1-18-9-8-14(20)12(13(18)6-7-16(18)22)5-3-2-4-11(19)10-15(21)17(23)24/h2,4,10,12-13,21H,3,5-9H2,1H3,(H,23,24). The van der Waals surface area contributed by atoms with Gasteiger partial charge in [-0.25, -0.2) is 4.79 Å². The Hall–Kier alpha value is -2.24. The molecular formula is C18H22O6. The average molecular weight is 334 g/mol. The number of ketones is 3. The van der Waals surface area contributed by atoms with Crippen LogP contribution in [0.1, 0.15) is 45.4 Å². The number of Topliss-reactive ketones (excluding diaryl/α,β-unsaturated/α-hetero) is 2. The van der Waals surface area contributed by atoms with Crippen molar-refractivity contribution < 1.29 is 29.4 Å². The van der Waals surface area contributed by atoms with Crippen LogP contribution in [0, 0.1) is 17.3 Å². The molecule has 0 amide bonds. The fourth-order valence-electron chi connectivity index (χ4n) is 3.94. The number of hydrogen-bond acceptors (Lipinski definition) is 5. The Morgan fingerprint density at radius 1 is 1.25 bits per heavy atom. The van der Waals surface area contributed by atoms with Gasteiger partial charge in [-0.1, -0.05) is 13.0 Å². The van der Waals surface area contributed by atoms with E-state index in [1.54, 1.807) is 6.08 Å². The van der Waals surface area contributed by atoms with E-state index in [2.05, 4.69) is 0 Å². The van der Waals surface area contributed by atoms with Crippen molar-refractivity contribution in [1.82, 2.24) is 0 Å². The third-order valence-corrected chi connectivity index (χ3v) is 5.35. The second-order valence-corrected chi connectivity index (χ2v) is 6.78. The number of carbonyl (C=O) groups excluding carboxylic acids is 3. The van der Waals surface area contributed by atoms with Gasteiger partial charge in [0.1, 0.15) is 11.6 Å². The summed E-state index contributed by atoms with van der Waals surface area (Å²) in [5.74, 6) is -2.81. The fourth-order valence-corrected chi connectivity index (χ4v) is 3.94. The molecule has 0 aromatic carbocycles. The summed E-state index contributed by atoms with van der Waals surface area (Å²) in [6.07, 6.45) is 6.82. The number of carboxylic acids is 1. The highest BCUT2D eigenvalue weighted by molar-refractivity contribution is 6.03. The van der Waals surface area contributed by atoms with E-state index >= 15 is 0 Å². The van der Waals surface area contributed by atoms with Crippen molar-refractivity contribution >= 4 is 23.3 Å². The first kappa shape index (κ1) is 18.1. The highest BCUT2D eigenvalue weighted by atomic mass is 16.4. The summed E-state index contributed by atoms with van der Waals surface area (Å²) in [5.41, 5.74) is -0.381. The highest BCUT2D eigenvalue weighted by Crippen LogP contribution is 2.52. The number of rotatable bonds is 6. The summed E-state index contributed by atoms with van der Waals surface area (Å²) < 4.78 is 0. The molecular weight excluding hydrogens is 312 g/mol. The molecule has 24 heavy (non-hydrogen) atoms. The molecule has 0 spiro atoms. The molecule has 0 heterocycles. The highest BCUT2D eigenvalue weighted by Gasteiger charge is 2.53. The van der Waals surface area contributed by atoms with Crippen LogP contribution in [-0.4, -0.2) is 33.5 Å². The molecule has 6 nitrogen and oxygen atoms in total. The minimum Gasteiger partial charge on any atom is -0.502 e. The van der Waals surface area contributed by atoms with E-state index < -0.39 is 17.5 Å². The molecule has 0 radical (unpaired) electrons. The molecule has 0 aromatic heterocycles. The van der Waals surface area contributed by atoms with Gasteiger partial charge in [0, 0.05) is 30.3 Å². The maximum absolute atomic E-state index is 12.2.